The van der Waals surface area contributed by atoms with Gasteiger partial charge in [0.1, 0.15) is 17.1 Å². The molecule has 124 valence electrons. The van der Waals surface area contributed by atoms with Gasteiger partial charge in [0.15, 0.2) is 5.78 Å². The van der Waals surface area contributed by atoms with E-state index >= 15 is 0 Å². The van der Waals surface area contributed by atoms with Gasteiger partial charge in [-0.3, -0.25) is 4.79 Å². The average molecular weight is 376 g/mol. The molecule has 0 heterocycles. The minimum atomic E-state index is -0.520. The number of phenols is 2. The van der Waals surface area contributed by atoms with Gasteiger partial charge in [0.2, 0.25) is 0 Å². The van der Waals surface area contributed by atoms with Crippen molar-refractivity contribution in [3.63, 3.8) is 0 Å². The van der Waals surface area contributed by atoms with Crippen molar-refractivity contribution in [2.75, 3.05) is 0 Å². The van der Waals surface area contributed by atoms with E-state index in [1.165, 1.54) is 12.1 Å². The van der Waals surface area contributed by atoms with Gasteiger partial charge in [-0.2, -0.15) is 0 Å². The van der Waals surface area contributed by atoms with Crippen LogP contribution in [0, 0.1) is 0 Å². The highest BCUT2D eigenvalue weighted by Crippen LogP contribution is 2.41. The summed E-state index contributed by atoms with van der Waals surface area (Å²) in [4.78, 5) is 12.6. The molecule has 0 radical (unpaired) electrons. The molecule has 1 aliphatic carbocycles. The zero-order valence-electron chi connectivity index (χ0n) is 12.6. The van der Waals surface area contributed by atoms with E-state index in [0.29, 0.717) is 27.6 Å². The molecule has 0 saturated carbocycles. The lowest BCUT2D eigenvalue weighted by Gasteiger charge is -2.13. The zero-order chi connectivity index (χ0) is 17.1. The van der Waals surface area contributed by atoms with E-state index in [1.807, 2.05) is 0 Å². The molecule has 0 unspecified atom stereocenters. The molecular weight excluding hydrogens is 359 g/mol. The SMILES string of the molecule is CCCCCc1cc(Cl)c(O)c(C(=O)C2=CC(Cl)=C(Cl)C2)c1O. The minimum Gasteiger partial charge on any atom is -0.507 e. The third-order valence-electron chi connectivity index (χ3n) is 3.78. The second-order valence-electron chi connectivity index (χ2n) is 5.48. The number of hydrogen-bond donors (Lipinski definition) is 2. The molecule has 0 spiro atoms. The molecular formula is C17H17Cl3O3. The lowest BCUT2D eigenvalue weighted by atomic mass is 9.96. The maximum absolute atomic E-state index is 12.6. The Hall–Kier alpha value is -1.16. The van der Waals surface area contributed by atoms with Crippen LogP contribution in [0.3, 0.4) is 0 Å². The number of Topliss-reactive ketones (excluding diaryl/α,β-unsaturated/α-hetero) is 1. The van der Waals surface area contributed by atoms with Gasteiger partial charge in [0, 0.05) is 17.0 Å². The highest BCUT2D eigenvalue weighted by atomic mass is 35.5. The van der Waals surface area contributed by atoms with Crippen molar-refractivity contribution in [1.82, 2.24) is 0 Å². The van der Waals surface area contributed by atoms with E-state index in [9.17, 15) is 15.0 Å². The predicted molar refractivity (Wildman–Crippen MR) is 93.8 cm³/mol. The molecule has 6 heteroatoms. The summed E-state index contributed by atoms with van der Waals surface area (Å²) in [6.07, 6.45) is 5.10. The van der Waals surface area contributed by atoms with E-state index in [1.54, 1.807) is 0 Å². The largest absolute Gasteiger partial charge is 0.507 e. The van der Waals surface area contributed by atoms with E-state index < -0.39 is 11.5 Å². The number of carbonyl (C=O) groups is 1. The quantitative estimate of drug-likeness (QED) is 0.496. The molecule has 1 aromatic rings. The van der Waals surface area contributed by atoms with Gasteiger partial charge in [-0.05, 0) is 30.5 Å². The van der Waals surface area contributed by atoms with Crippen molar-refractivity contribution in [1.29, 1.82) is 0 Å². The van der Waals surface area contributed by atoms with E-state index in [-0.39, 0.29) is 22.8 Å². The third kappa shape index (κ3) is 3.85. The van der Waals surface area contributed by atoms with E-state index in [2.05, 4.69) is 6.92 Å². The fourth-order valence-electron chi connectivity index (χ4n) is 2.49. The van der Waals surface area contributed by atoms with Crippen molar-refractivity contribution in [2.24, 2.45) is 0 Å². The standard InChI is InChI=1S/C17H17Cl3O3/c1-2-3-4-5-9-6-13(20)17(23)14(15(9)21)16(22)10-7-11(18)12(19)8-10/h6-7,21,23H,2-5,8H2,1H3. The summed E-state index contributed by atoms with van der Waals surface area (Å²) in [7, 11) is 0. The number of halogens is 3. The fraction of sp³-hybridized carbons (Fsp3) is 0.353. The summed E-state index contributed by atoms with van der Waals surface area (Å²) >= 11 is 17.8. The number of rotatable bonds is 6. The monoisotopic (exact) mass is 374 g/mol. The summed E-state index contributed by atoms with van der Waals surface area (Å²) in [6.45, 7) is 2.08. The maximum Gasteiger partial charge on any atom is 0.196 e. The topological polar surface area (TPSA) is 57.5 Å². The minimum absolute atomic E-state index is 0.0430. The second-order valence-corrected chi connectivity index (χ2v) is 6.75. The van der Waals surface area contributed by atoms with E-state index in [4.69, 9.17) is 34.8 Å². The highest BCUT2D eigenvalue weighted by molar-refractivity contribution is 6.42. The average Bonchev–Trinajstić information content (AvgIpc) is 2.84. The van der Waals surface area contributed by atoms with Crippen LogP contribution in [-0.4, -0.2) is 16.0 Å². The van der Waals surface area contributed by atoms with Crippen molar-refractivity contribution in [3.8, 4) is 11.5 Å². The van der Waals surface area contributed by atoms with Crippen molar-refractivity contribution in [2.45, 2.75) is 39.0 Å². The molecule has 0 aromatic heterocycles. The molecule has 2 N–H and O–H groups in total. The van der Waals surface area contributed by atoms with Gasteiger partial charge in [-0.15, -0.1) is 0 Å². The smallest absolute Gasteiger partial charge is 0.196 e. The Labute approximate surface area is 150 Å². The Balaban J connectivity index is 2.38. The molecule has 0 atom stereocenters. The summed E-state index contributed by atoms with van der Waals surface area (Å²) in [5.74, 6) is -1.17. The molecule has 0 aliphatic heterocycles. The number of aryl methyl sites for hydroxylation is 1. The number of aromatic hydroxyl groups is 2. The summed E-state index contributed by atoms with van der Waals surface area (Å²) in [5.41, 5.74) is 0.673. The number of hydrogen-bond acceptors (Lipinski definition) is 3. The Kier molecular flexibility index (Phi) is 6.01. The Bertz CT molecular complexity index is 706. The van der Waals surface area contributed by atoms with Crippen LogP contribution in [0.1, 0.15) is 48.5 Å². The van der Waals surface area contributed by atoms with Crippen LogP contribution < -0.4 is 0 Å². The number of unbranched alkanes of at least 4 members (excludes halogenated alkanes) is 2. The zero-order valence-corrected chi connectivity index (χ0v) is 14.9. The van der Waals surface area contributed by atoms with E-state index in [0.717, 1.165) is 19.3 Å². The van der Waals surface area contributed by atoms with Gasteiger partial charge in [-0.1, -0.05) is 54.6 Å². The number of ketones is 1. The first-order chi connectivity index (χ1) is 10.9. The first kappa shape index (κ1) is 18.2. The summed E-state index contributed by atoms with van der Waals surface area (Å²) in [6, 6.07) is 1.50. The van der Waals surface area contributed by atoms with Gasteiger partial charge >= 0.3 is 0 Å². The summed E-state index contributed by atoms with van der Waals surface area (Å²) in [5, 5.41) is 21.2. The Morgan fingerprint density at radius 1 is 1.17 bits per heavy atom. The number of phenolic OH excluding ortho intramolecular Hbond substituents is 2. The van der Waals surface area contributed by atoms with Crippen LogP contribution in [0.4, 0.5) is 0 Å². The van der Waals surface area contributed by atoms with Crippen molar-refractivity contribution >= 4 is 40.6 Å². The van der Waals surface area contributed by atoms with Gasteiger partial charge in [0.25, 0.3) is 0 Å². The Morgan fingerprint density at radius 2 is 1.87 bits per heavy atom. The second kappa shape index (κ2) is 7.61. The molecule has 0 saturated heterocycles. The normalized spacial score (nSPS) is 14.3. The van der Waals surface area contributed by atoms with Crippen LogP contribution in [0.2, 0.25) is 5.02 Å². The molecule has 1 aliphatic rings. The molecule has 2 rings (SSSR count). The molecule has 0 fully saturated rings. The van der Waals surface area contributed by atoms with Crippen LogP contribution in [0.15, 0.2) is 27.8 Å². The first-order valence-corrected chi connectivity index (χ1v) is 8.52. The lowest BCUT2D eigenvalue weighted by molar-refractivity contribution is 0.102. The number of benzene rings is 1. The van der Waals surface area contributed by atoms with Crippen LogP contribution in [0.25, 0.3) is 0 Å². The molecule has 0 amide bonds. The van der Waals surface area contributed by atoms with Gasteiger partial charge in [-0.25, -0.2) is 0 Å². The molecule has 3 nitrogen and oxygen atoms in total. The lowest BCUT2D eigenvalue weighted by Crippen LogP contribution is -2.05. The third-order valence-corrected chi connectivity index (χ3v) is 4.84. The predicted octanol–water partition coefficient (Wildman–Crippen LogP) is 5.69. The van der Waals surface area contributed by atoms with Crippen LogP contribution >= 0.6 is 34.8 Å². The van der Waals surface area contributed by atoms with Gasteiger partial charge < -0.3 is 10.2 Å². The first-order valence-electron chi connectivity index (χ1n) is 7.39. The maximum atomic E-state index is 12.6. The molecule has 1 aromatic carbocycles. The highest BCUT2D eigenvalue weighted by Gasteiger charge is 2.27. The van der Waals surface area contributed by atoms with Crippen molar-refractivity contribution in [3.05, 3.63) is 43.9 Å². The Morgan fingerprint density at radius 3 is 2.43 bits per heavy atom. The summed E-state index contributed by atoms with van der Waals surface area (Å²) < 4.78 is 0. The fourth-order valence-corrected chi connectivity index (χ4v) is 3.12. The van der Waals surface area contributed by atoms with Crippen LogP contribution in [0.5, 0.6) is 11.5 Å². The number of carbonyl (C=O) groups excluding carboxylic acids is 1. The molecule has 0 bridgehead atoms. The molecule has 23 heavy (non-hydrogen) atoms. The van der Waals surface area contributed by atoms with Crippen LogP contribution in [-0.2, 0) is 6.42 Å². The van der Waals surface area contributed by atoms with Gasteiger partial charge in [0.05, 0.1) is 10.1 Å². The number of allylic oxidation sites excluding steroid dienone is 4. The van der Waals surface area contributed by atoms with Crippen molar-refractivity contribution < 1.29 is 15.0 Å².